The molecule has 1 fully saturated rings. The molecule has 1 aromatic rings. The maximum absolute atomic E-state index is 12.2. The quantitative estimate of drug-likeness (QED) is 0.825. The molecule has 2 heterocycles. The van der Waals surface area contributed by atoms with Crippen LogP contribution >= 0.6 is 22.9 Å². The van der Waals surface area contributed by atoms with E-state index in [-0.39, 0.29) is 5.91 Å². The average molecular weight is 338 g/mol. The fraction of sp³-hybridized carbons (Fsp3) is 0.545. The van der Waals surface area contributed by atoms with Crippen LogP contribution in [0.4, 0.5) is 0 Å². The molecule has 1 aliphatic heterocycles. The third-order valence-corrected chi connectivity index (χ3v) is 6.26. The first-order valence-electron chi connectivity index (χ1n) is 6.04. The lowest BCUT2D eigenvalue weighted by Crippen LogP contribution is -2.52. The van der Waals surface area contributed by atoms with Gasteiger partial charge in [0.2, 0.25) is 0 Å². The maximum Gasteiger partial charge on any atom is 0.281 e. The van der Waals surface area contributed by atoms with Gasteiger partial charge in [0.05, 0.1) is 9.21 Å². The van der Waals surface area contributed by atoms with Crippen LogP contribution in [-0.2, 0) is 10.2 Å². The second-order valence-corrected chi connectivity index (χ2v) is 8.44. The van der Waals surface area contributed by atoms with E-state index in [9.17, 15) is 13.2 Å². The number of halogens is 1. The van der Waals surface area contributed by atoms with E-state index >= 15 is 0 Å². The van der Waals surface area contributed by atoms with Crippen LogP contribution in [0.1, 0.15) is 9.67 Å². The zero-order chi connectivity index (χ0) is 14.9. The first kappa shape index (κ1) is 15.7. The minimum absolute atomic E-state index is 0.0937. The molecular weight excluding hydrogens is 322 g/mol. The Bertz CT molecular complexity index is 592. The van der Waals surface area contributed by atoms with Gasteiger partial charge >= 0.3 is 0 Å². The third kappa shape index (κ3) is 3.15. The summed E-state index contributed by atoms with van der Waals surface area (Å²) in [5.74, 6) is -0.0937. The van der Waals surface area contributed by atoms with Crippen molar-refractivity contribution in [3.8, 4) is 0 Å². The second kappa shape index (κ2) is 5.98. The largest absolute Gasteiger partial charge is 0.335 e. The van der Waals surface area contributed by atoms with Crippen LogP contribution in [0.5, 0.6) is 0 Å². The Morgan fingerprint density at radius 1 is 1.25 bits per heavy atom. The van der Waals surface area contributed by atoms with Gasteiger partial charge < -0.3 is 4.90 Å². The van der Waals surface area contributed by atoms with Crippen molar-refractivity contribution in [3.05, 3.63) is 21.3 Å². The molecule has 1 aromatic heterocycles. The van der Waals surface area contributed by atoms with E-state index in [1.54, 1.807) is 17.0 Å². The molecule has 1 amide bonds. The Hall–Kier alpha value is -0.670. The van der Waals surface area contributed by atoms with E-state index in [0.717, 1.165) is 0 Å². The monoisotopic (exact) mass is 337 g/mol. The van der Waals surface area contributed by atoms with Crippen molar-refractivity contribution in [2.24, 2.45) is 0 Å². The number of hydrogen-bond donors (Lipinski definition) is 0. The Labute approximate surface area is 127 Å². The Balaban J connectivity index is 2.00. The van der Waals surface area contributed by atoms with Gasteiger partial charge in [-0.05, 0) is 12.1 Å². The van der Waals surface area contributed by atoms with Crippen molar-refractivity contribution in [3.63, 3.8) is 0 Å². The molecule has 0 unspecified atom stereocenters. The van der Waals surface area contributed by atoms with Crippen LogP contribution in [-0.4, -0.2) is 68.1 Å². The minimum atomic E-state index is -3.40. The van der Waals surface area contributed by atoms with Crippen LogP contribution in [0.25, 0.3) is 0 Å². The van der Waals surface area contributed by atoms with Crippen molar-refractivity contribution >= 4 is 39.1 Å². The van der Waals surface area contributed by atoms with E-state index in [2.05, 4.69) is 0 Å². The normalized spacial score (nSPS) is 17.7. The summed E-state index contributed by atoms with van der Waals surface area (Å²) in [5.41, 5.74) is 0. The van der Waals surface area contributed by atoms with Crippen LogP contribution in [0, 0.1) is 0 Å². The number of amides is 1. The van der Waals surface area contributed by atoms with Gasteiger partial charge in [-0.3, -0.25) is 4.79 Å². The maximum atomic E-state index is 12.2. The number of carbonyl (C=O) groups is 1. The van der Waals surface area contributed by atoms with Gasteiger partial charge in [0.15, 0.2) is 0 Å². The molecule has 2 rings (SSSR count). The summed E-state index contributed by atoms with van der Waals surface area (Å²) in [6, 6.07) is 3.38. The third-order valence-electron chi connectivity index (χ3n) is 3.10. The molecule has 0 spiro atoms. The average Bonchev–Trinajstić information content (AvgIpc) is 2.84. The number of piperazine rings is 1. The van der Waals surface area contributed by atoms with Gasteiger partial charge in [-0.2, -0.15) is 17.0 Å². The van der Waals surface area contributed by atoms with Gasteiger partial charge in [-0.15, -0.1) is 11.3 Å². The highest BCUT2D eigenvalue weighted by Gasteiger charge is 2.30. The number of hydrogen-bond acceptors (Lipinski definition) is 4. The number of thiophene rings is 1. The van der Waals surface area contributed by atoms with Crippen molar-refractivity contribution in [1.82, 2.24) is 13.5 Å². The van der Waals surface area contributed by atoms with Crippen LogP contribution in [0.15, 0.2) is 12.1 Å². The number of carbonyl (C=O) groups excluding carboxylic acids is 1. The van der Waals surface area contributed by atoms with Gasteiger partial charge in [0, 0.05) is 40.3 Å². The van der Waals surface area contributed by atoms with E-state index < -0.39 is 10.2 Å². The minimum Gasteiger partial charge on any atom is -0.335 e. The summed E-state index contributed by atoms with van der Waals surface area (Å²) < 4.78 is 27.1. The smallest absolute Gasteiger partial charge is 0.281 e. The molecule has 0 atom stereocenters. The van der Waals surface area contributed by atoms with Crippen LogP contribution in [0.3, 0.4) is 0 Å². The molecule has 0 saturated carbocycles. The molecule has 0 aliphatic carbocycles. The number of rotatable bonds is 3. The first-order valence-corrected chi connectivity index (χ1v) is 8.63. The molecule has 6 nitrogen and oxygen atoms in total. The molecule has 112 valence electrons. The fourth-order valence-electron chi connectivity index (χ4n) is 1.94. The highest BCUT2D eigenvalue weighted by atomic mass is 35.5. The summed E-state index contributed by atoms with van der Waals surface area (Å²) in [7, 11) is -0.398. The Kier molecular flexibility index (Phi) is 4.70. The predicted octanol–water partition coefficient (Wildman–Crippen LogP) is 0.966. The standard InChI is InChI=1S/C11H16ClN3O3S2/c1-13(2)20(17,18)15-7-5-14(6-8-15)11(16)9-3-4-10(12)19-9/h3-4H,5-8H2,1-2H3. The summed E-state index contributed by atoms with van der Waals surface area (Å²) in [6.45, 7) is 1.40. The highest BCUT2D eigenvalue weighted by Crippen LogP contribution is 2.23. The van der Waals surface area contributed by atoms with Gasteiger partial charge in [0.1, 0.15) is 0 Å². The van der Waals surface area contributed by atoms with Crippen molar-refractivity contribution < 1.29 is 13.2 Å². The molecule has 1 aliphatic rings. The van der Waals surface area contributed by atoms with Crippen molar-refractivity contribution in [1.29, 1.82) is 0 Å². The SMILES string of the molecule is CN(C)S(=O)(=O)N1CCN(C(=O)c2ccc(Cl)s2)CC1. The molecular formula is C11H16ClN3O3S2. The Morgan fingerprint density at radius 2 is 1.85 bits per heavy atom. The van der Waals surface area contributed by atoms with E-state index in [4.69, 9.17) is 11.6 Å². The van der Waals surface area contributed by atoms with E-state index in [1.165, 1.54) is 34.0 Å². The Morgan fingerprint density at radius 3 is 2.30 bits per heavy atom. The second-order valence-electron chi connectivity index (χ2n) is 4.59. The zero-order valence-corrected chi connectivity index (χ0v) is 13.6. The molecule has 0 N–H and O–H groups in total. The first-order chi connectivity index (χ1) is 9.32. The van der Waals surface area contributed by atoms with Crippen molar-refractivity contribution in [2.45, 2.75) is 0 Å². The lowest BCUT2D eigenvalue weighted by atomic mass is 10.3. The fourth-order valence-corrected chi connectivity index (χ4v) is 4.04. The number of nitrogens with zero attached hydrogens (tertiary/aromatic N) is 3. The summed E-state index contributed by atoms with van der Waals surface area (Å²) in [4.78, 5) is 14.4. The molecule has 0 radical (unpaired) electrons. The topological polar surface area (TPSA) is 60.9 Å². The van der Waals surface area contributed by atoms with E-state index in [0.29, 0.717) is 35.4 Å². The van der Waals surface area contributed by atoms with Crippen LogP contribution < -0.4 is 0 Å². The van der Waals surface area contributed by atoms with Gasteiger partial charge in [-0.1, -0.05) is 11.6 Å². The summed E-state index contributed by atoms with van der Waals surface area (Å²) in [6.07, 6.45) is 0. The zero-order valence-electron chi connectivity index (χ0n) is 11.2. The predicted molar refractivity (Wildman–Crippen MR) is 79.4 cm³/mol. The lowest BCUT2D eigenvalue weighted by molar-refractivity contribution is 0.0700. The molecule has 1 saturated heterocycles. The molecule has 9 heteroatoms. The molecule has 0 aromatic carbocycles. The summed E-state index contributed by atoms with van der Waals surface area (Å²) >= 11 is 7.05. The van der Waals surface area contributed by atoms with Gasteiger partial charge in [0.25, 0.3) is 16.1 Å². The lowest BCUT2D eigenvalue weighted by Gasteiger charge is -2.34. The van der Waals surface area contributed by atoms with Gasteiger partial charge in [-0.25, -0.2) is 0 Å². The van der Waals surface area contributed by atoms with Crippen LogP contribution in [0.2, 0.25) is 4.34 Å². The van der Waals surface area contributed by atoms with Crippen molar-refractivity contribution in [2.75, 3.05) is 40.3 Å². The highest BCUT2D eigenvalue weighted by molar-refractivity contribution is 7.86. The van der Waals surface area contributed by atoms with E-state index in [1.807, 2.05) is 0 Å². The molecule has 20 heavy (non-hydrogen) atoms. The summed E-state index contributed by atoms with van der Waals surface area (Å²) in [5, 5.41) is 0. The molecule has 0 bridgehead atoms.